The maximum absolute atomic E-state index is 12.5. The van der Waals surface area contributed by atoms with Gasteiger partial charge in [-0.1, -0.05) is 18.6 Å². The highest BCUT2D eigenvalue weighted by Gasteiger charge is 2.54. The van der Waals surface area contributed by atoms with Crippen LogP contribution in [0.2, 0.25) is 0 Å². The molecule has 0 radical (unpaired) electrons. The average Bonchev–Trinajstić information content (AvgIpc) is 3.06. The topological polar surface area (TPSA) is 209 Å². The molecule has 0 bridgehead atoms. The lowest BCUT2D eigenvalue weighted by molar-refractivity contribution is -0.288. The zero-order chi connectivity index (χ0) is 38.9. The van der Waals surface area contributed by atoms with Crippen LogP contribution in [-0.2, 0) is 57.1 Å². The summed E-state index contributed by atoms with van der Waals surface area (Å²) in [7, 11) is 2.83. The Kier molecular flexibility index (Phi) is 11.7. The molecule has 1 saturated heterocycles. The van der Waals surface area contributed by atoms with Crippen molar-refractivity contribution in [2.24, 2.45) is 5.92 Å². The second-order valence-electron chi connectivity index (χ2n) is 13.3. The van der Waals surface area contributed by atoms with E-state index in [-0.39, 0.29) is 50.8 Å². The van der Waals surface area contributed by atoms with Crippen LogP contribution in [0.4, 0.5) is 0 Å². The van der Waals surface area contributed by atoms with Gasteiger partial charge in [0.1, 0.15) is 47.9 Å². The van der Waals surface area contributed by atoms with E-state index in [0.29, 0.717) is 12.8 Å². The molecule has 53 heavy (non-hydrogen) atoms. The number of hydrogen-bond donors (Lipinski definition) is 2. The number of carbonyl (C=O) groups excluding carboxylic acids is 5. The van der Waals surface area contributed by atoms with Crippen molar-refractivity contribution < 1.29 is 76.8 Å². The predicted octanol–water partition coefficient (Wildman–Crippen LogP) is 3.79. The van der Waals surface area contributed by atoms with Gasteiger partial charge in [-0.05, 0) is 30.9 Å². The monoisotopic (exact) mass is 744 g/mol. The van der Waals surface area contributed by atoms with E-state index in [1.807, 2.05) is 13.0 Å². The Labute approximate surface area is 305 Å². The number of methoxy groups -OCH3 is 2. The normalized spacial score (nSPS) is 27.6. The van der Waals surface area contributed by atoms with Crippen molar-refractivity contribution >= 4 is 40.6 Å². The standard InChI is InChI=1S/C37H44O16/c1-15-11-21-13-24(46-8)30-31(27(21)25(12-15)48-17(3)39)33(44)29-23(10-9-22(45-7)28(29)32(30)43)52-37-36(51-20(6)42)35(50-19(5)41)34(49-18(4)40)26(53-37)14-47-16(2)38/h9-10,13,15,24-27,34-37,43-44H,11-12,14H2,1-8H3/t15-,24-,25-,26+,27-,34+,35-,36+,37-/m0/s1. The van der Waals surface area contributed by atoms with E-state index in [1.54, 1.807) is 0 Å². The van der Waals surface area contributed by atoms with Crippen LogP contribution in [-0.4, -0.2) is 97.7 Å². The first-order chi connectivity index (χ1) is 25.1. The summed E-state index contributed by atoms with van der Waals surface area (Å²) >= 11 is 0. The quantitative estimate of drug-likeness (QED) is 0.153. The predicted molar refractivity (Wildman–Crippen MR) is 181 cm³/mol. The van der Waals surface area contributed by atoms with Gasteiger partial charge >= 0.3 is 29.8 Å². The molecule has 288 valence electrons. The summed E-state index contributed by atoms with van der Waals surface area (Å²) in [5, 5.41) is 24.4. The van der Waals surface area contributed by atoms with Crippen molar-refractivity contribution in [2.45, 2.75) is 103 Å². The number of rotatable bonds is 10. The molecule has 2 aromatic rings. The first-order valence-corrected chi connectivity index (χ1v) is 17.0. The van der Waals surface area contributed by atoms with Gasteiger partial charge in [0, 0.05) is 58.8 Å². The van der Waals surface area contributed by atoms with Gasteiger partial charge in [-0.15, -0.1) is 0 Å². The van der Waals surface area contributed by atoms with E-state index in [0.717, 1.165) is 33.3 Å². The molecule has 16 heteroatoms. The molecule has 0 unspecified atom stereocenters. The van der Waals surface area contributed by atoms with Gasteiger partial charge in [-0.2, -0.15) is 0 Å². The van der Waals surface area contributed by atoms with Gasteiger partial charge in [-0.3, -0.25) is 24.0 Å². The summed E-state index contributed by atoms with van der Waals surface area (Å²) in [6, 6.07) is 2.88. The molecule has 2 aliphatic carbocycles. The molecule has 1 saturated carbocycles. The molecule has 0 spiro atoms. The van der Waals surface area contributed by atoms with Crippen LogP contribution in [0.5, 0.6) is 23.0 Å². The zero-order valence-corrected chi connectivity index (χ0v) is 30.7. The van der Waals surface area contributed by atoms with Crippen molar-refractivity contribution in [2.75, 3.05) is 20.8 Å². The van der Waals surface area contributed by atoms with Gasteiger partial charge in [0.05, 0.1) is 17.9 Å². The first-order valence-electron chi connectivity index (χ1n) is 17.0. The van der Waals surface area contributed by atoms with E-state index >= 15 is 0 Å². The fourth-order valence-electron chi connectivity index (χ4n) is 7.56. The van der Waals surface area contributed by atoms with Crippen molar-refractivity contribution in [3.8, 4) is 23.0 Å². The van der Waals surface area contributed by atoms with E-state index < -0.39 is 85.3 Å². The van der Waals surface area contributed by atoms with Gasteiger partial charge < -0.3 is 52.8 Å². The molecule has 0 aromatic heterocycles. The number of fused-ring (bicyclic) bond motifs is 4. The lowest BCUT2D eigenvalue weighted by atomic mass is 9.68. The SMILES string of the molecule is COc1ccc(O[C@H]2O[C@H](COC(C)=O)[C@@H](OC(C)=O)[C@H](OC(C)=O)[C@H]2OC(C)=O)c2c(O)c3c(c(O)c12)[C@@H](OC)C=C1C[C@H](C)C[C@H](OC(C)=O)[C@H]13. The van der Waals surface area contributed by atoms with E-state index in [4.69, 9.17) is 42.6 Å². The van der Waals surface area contributed by atoms with Crippen LogP contribution in [0.15, 0.2) is 23.8 Å². The Morgan fingerprint density at radius 1 is 0.755 bits per heavy atom. The maximum Gasteiger partial charge on any atom is 0.303 e. The third kappa shape index (κ3) is 7.98. The third-order valence-corrected chi connectivity index (χ3v) is 9.34. The van der Waals surface area contributed by atoms with Crippen molar-refractivity contribution in [3.05, 3.63) is 34.9 Å². The molecule has 2 aromatic carbocycles. The summed E-state index contributed by atoms with van der Waals surface area (Å²) in [4.78, 5) is 61.1. The number of hydrogen-bond acceptors (Lipinski definition) is 16. The van der Waals surface area contributed by atoms with Crippen molar-refractivity contribution in [1.29, 1.82) is 0 Å². The summed E-state index contributed by atoms with van der Waals surface area (Å²) in [5.41, 5.74) is 1.33. The number of esters is 5. The van der Waals surface area contributed by atoms with Gasteiger partial charge in [0.2, 0.25) is 12.4 Å². The van der Waals surface area contributed by atoms with Crippen molar-refractivity contribution in [1.82, 2.24) is 0 Å². The minimum Gasteiger partial charge on any atom is -0.507 e. The Bertz CT molecular complexity index is 1820. The molecule has 0 amide bonds. The lowest BCUT2D eigenvalue weighted by Crippen LogP contribution is -2.63. The smallest absolute Gasteiger partial charge is 0.303 e. The zero-order valence-electron chi connectivity index (χ0n) is 30.7. The minimum atomic E-state index is -1.66. The molecular weight excluding hydrogens is 700 g/mol. The lowest BCUT2D eigenvalue weighted by Gasteiger charge is -2.44. The Morgan fingerprint density at radius 2 is 1.32 bits per heavy atom. The Hall–Kier alpha value is -5.09. The van der Waals surface area contributed by atoms with Crippen LogP contribution < -0.4 is 9.47 Å². The molecule has 2 fully saturated rings. The second kappa shape index (κ2) is 15.9. The minimum absolute atomic E-state index is 0.0269. The fraction of sp³-hybridized carbons (Fsp3) is 0.541. The first kappa shape index (κ1) is 39.1. The molecule has 2 N–H and O–H groups in total. The highest BCUT2D eigenvalue weighted by atomic mass is 16.7. The largest absolute Gasteiger partial charge is 0.507 e. The number of ether oxygens (including phenoxy) is 9. The summed E-state index contributed by atoms with van der Waals surface area (Å²) in [5.74, 6) is -4.87. The van der Waals surface area contributed by atoms with Gasteiger partial charge in [-0.25, -0.2) is 0 Å². The molecule has 9 atom stereocenters. The van der Waals surface area contributed by atoms with Crippen molar-refractivity contribution in [3.63, 3.8) is 0 Å². The van der Waals surface area contributed by atoms with Crippen LogP contribution in [0.3, 0.4) is 0 Å². The number of carbonyl (C=O) groups is 5. The summed E-state index contributed by atoms with van der Waals surface area (Å²) in [6.07, 6.45) is -6.07. The highest BCUT2D eigenvalue weighted by Crippen LogP contribution is 2.58. The van der Waals surface area contributed by atoms with Crippen LogP contribution in [0, 0.1) is 5.92 Å². The number of benzene rings is 2. The number of phenols is 2. The van der Waals surface area contributed by atoms with E-state index in [1.165, 1.54) is 33.3 Å². The van der Waals surface area contributed by atoms with Crippen LogP contribution in [0.1, 0.15) is 77.5 Å². The van der Waals surface area contributed by atoms with Crippen LogP contribution >= 0.6 is 0 Å². The molecule has 16 nitrogen and oxygen atoms in total. The van der Waals surface area contributed by atoms with E-state index in [9.17, 15) is 34.2 Å². The maximum atomic E-state index is 12.5. The van der Waals surface area contributed by atoms with Gasteiger partial charge in [0.15, 0.2) is 12.2 Å². The summed E-state index contributed by atoms with van der Waals surface area (Å²) < 4.78 is 51.5. The second-order valence-corrected chi connectivity index (χ2v) is 13.3. The average molecular weight is 745 g/mol. The Morgan fingerprint density at radius 3 is 1.91 bits per heavy atom. The molecule has 3 aliphatic rings. The van der Waals surface area contributed by atoms with E-state index in [2.05, 4.69) is 0 Å². The summed E-state index contributed by atoms with van der Waals surface area (Å²) in [6.45, 7) is 7.26. The number of aromatic hydroxyl groups is 2. The molecular formula is C37H44O16. The highest BCUT2D eigenvalue weighted by molar-refractivity contribution is 6.04. The number of phenolic OH excluding ortho intramolecular Hbond substituents is 2. The van der Waals surface area contributed by atoms with Gasteiger partial charge in [0.25, 0.3) is 0 Å². The molecule has 5 rings (SSSR count). The molecule has 1 heterocycles. The molecule has 1 aliphatic heterocycles. The Balaban J connectivity index is 1.73. The van der Waals surface area contributed by atoms with Crippen LogP contribution in [0.25, 0.3) is 10.8 Å². The fourth-order valence-corrected chi connectivity index (χ4v) is 7.56. The third-order valence-electron chi connectivity index (χ3n) is 9.34.